The number of ether oxygens (including phenoxy) is 1. The van der Waals surface area contributed by atoms with Gasteiger partial charge >= 0.3 is 5.97 Å². The summed E-state index contributed by atoms with van der Waals surface area (Å²) in [6.45, 7) is 13.8. The Morgan fingerprint density at radius 3 is 2.16 bits per heavy atom. The van der Waals surface area contributed by atoms with Gasteiger partial charge < -0.3 is 4.74 Å². The summed E-state index contributed by atoms with van der Waals surface area (Å²) in [4.78, 5) is 12.0. The molecular formula is C17H24O2. The SMILES string of the molecule is C=CC(C)(C)OC(=O)c1ccc(C(C)(C)CC)cc1. The van der Waals surface area contributed by atoms with Crippen LogP contribution in [0.2, 0.25) is 0 Å². The second-order valence-electron chi connectivity index (χ2n) is 6.01. The number of rotatable bonds is 5. The second kappa shape index (κ2) is 5.60. The maximum absolute atomic E-state index is 12.0. The van der Waals surface area contributed by atoms with Crippen LogP contribution in [0.5, 0.6) is 0 Å². The molecule has 2 nitrogen and oxygen atoms in total. The number of esters is 1. The molecule has 0 aromatic heterocycles. The molecule has 0 aliphatic heterocycles. The van der Waals surface area contributed by atoms with Crippen LogP contribution in [-0.2, 0) is 10.2 Å². The molecule has 0 saturated heterocycles. The minimum atomic E-state index is -0.640. The van der Waals surface area contributed by atoms with E-state index in [2.05, 4.69) is 27.4 Å². The molecule has 0 saturated carbocycles. The number of carbonyl (C=O) groups excluding carboxylic acids is 1. The third kappa shape index (κ3) is 3.95. The molecule has 0 aliphatic carbocycles. The Morgan fingerprint density at radius 1 is 1.21 bits per heavy atom. The van der Waals surface area contributed by atoms with E-state index in [9.17, 15) is 4.79 Å². The third-order valence-corrected chi connectivity index (χ3v) is 3.63. The molecule has 0 N–H and O–H groups in total. The second-order valence-corrected chi connectivity index (χ2v) is 6.01. The fourth-order valence-corrected chi connectivity index (χ4v) is 1.60. The lowest BCUT2D eigenvalue weighted by Crippen LogP contribution is -2.25. The third-order valence-electron chi connectivity index (χ3n) is 3.63. The fourth-order valence-electron chi connectivity index (χ4n) is 1.60. The highest BCUT2D eigenvalue weighted by Gasteiger charge is 2.21. The Morgan fingerprint density at radius 2 is 1.74 bits per heavy atom. The highest BCUT2D eigenvalue weighted by atomic mass is 16.6. The fraction of sp³-hybridized carbons (Fsp3) is 0.471. The lowest BCUT2D eigenvalue weighted by molar-refractivity contribution is 0.0174. The quantitative estimate of drug-likeness (QED) is 0.575. The number of hydrogen-bond donors (Lipinski definition) is 0. The van der Waals surface area contributed by atoms with Gasteiger partial charge in [0.05, 0.1) is 5.56 Å². The lowest BCUT2D eigenvalue weighted by Gasteiger charge is -2.24. The maximum atomic E-state index is 12.0. The molecule has 0 heterocycles. The van der Waals surface area contributed by atoms with Crippen LogP contribution < -0.4 is 0 Å². The van der Waals surface area contributed by atoms with Crippen LogP contribution in [0.25, 0.3) is 0 Å². The van der Waals surface area contributed by atoms with Crippen molar-refractivity contribution in [3.8, 4) is 0 Å². The van der Waals surface area contributed by atoms with Gasteiger partial charge in [0, 0.05) is 0 Å². The molecule has 0 amide bonds. The van der Waals surface area contributed by atoms with Gasteiger partial charge in [-0.1, -0.05) is 39.5 Å². The van der Waals surface area contributed by atoms with Crippen molar-refractivity contribution < 1.29 is 9.53 Å². The zero-order valence-electron chi connectivity index (χ0n) is 12.6. The van der Waals surface area contributed by atoms with Crippen molar-refractivity contribution in [1.29, 1.82) is 0 Å². The first-order valence-electron chi connectivity index (χ1n) is 6.69. The molecule has 2 heteroatoms. The molecule has 1 rings (SSSR count). The average molecular weight is 260 g/mol. The van der Waals surface area contributed by atoms with Gasteiger partial charge in [0.1, 0.15) is 5.60 Å². The first-order chi connectivity index (χ1) is 8.72. The minimum Gasteiger partial charge on any atom is -0.452 e. The van der Waals surface area contributed by atoms with Crippen LogP contribution in [-0.4, -0.2) is 11.6 Å². The van der Waals surface area contributed by atoms with Gasteiger partial charge in [0.15, 0.2) is 0 Å². The van der Waals surface area contributed by atoms with Gasteiger partial charge in [-0.25, -0.2) is 4.79 Å². The molecule has 0 bridgehead atoms. The average Bonchev–Trinajstić information content (AvgIpc) is 2.38. The van der Waals surface area contributed by atoms with Crippen molar-refractivity contribution in [2.45, 2.75) is 52.1 Å². The molecule has 0 spiro atoms. The predicted octanol–water partition coefficient (Wildman–Crippen LogP) is 4.50. The molecule has 0 aliphatic rings. The minimum absolute atomic E-state index is 0.128. The van der Waals surface area contributed by atoms with E-state index in [1.165, 1.54) is 5.56 Å². The van der Waals surface area contributed by atoms with Gasteiger partial charge in [-0.05, 0) is 49.5 Å². The van der Waals surface area contributed by atoms with E-state index < -0.39 is 5.60 Å². The Kier molecular flexibility index (Phi) is 4.56. The molecule has 0 fully saturated rings. The van der Waals surface area contributed by atoms with Crippen LogP contribution in [0.1, 0.15) is 57.0 Å². The predicted molar refractivity (Wildman–Crippen MR) is 79.5 cm³/mol. The summed E-state index contributed by atoms with van der Waals surface area (Å²) >= 11 is 0. The maximum Gasteiger partial charge on any atom is 0.338 e. The summed E-state index contributed by atoms with van der Waals surface area (Å²) in [6, 6.07) is 7.66. The van der Waals surface area contributed by atoms with E-state index in [0.29, 0.717) is 5.56 Å². The molecule has 1 aromatic rings. The highest BCUT2D eigenvalue weighted by molar-refractivity contribution is 5.89. The van der Waals surface area contributed by atoms with Crippen molar-refractivity contribution in [3.63, 3.8) is 0 Å². The summed E-state index contributed by atoms with van der Waals surface area (Å²) in [5.41, 5.74) is 1.29. The Balaban J connectivity index is 2.88. The van der Waals surface area contributed by atoms with Crippen molar-refractivity contribution in [1.82, 2.24) is 0 Å². The van der Waals surface area contributed by atoms with Crippen molar-refractivity contribution >= 4 is 5.97 Å². The summed E-state index contributed by atoms with van der Waals surface area (Å²) in [6.07, 6.45) is 2.68. The van der Waals surface area contributed by atoms with Gasteiger partial charge in [-0.15, -0.1) is 0 Å². The van der Waals surface area contributed by atoms with E-state index >= 15 is 0 Å². The van der Waals surface area contributed by atoms with Gasteiger partial charge in [0.25, 0.3) is 0 Å². The standard InChI is InChI=1S/C17H24O2/c1-7-16(3,4)14-11-9-13(10-12-14)15(18)19-17(5,6)8-2/h8-12H,2,7H2,1,3-6H3. The smallest absolute Gasteiger partial charge is 0.338 e. The van der Waals surface area contributed by atoms with E-state index in [4.69, 9.17) is 4.74 Å². The van der Waals surface area contributed by atoms with Crippen molar-refractivity contribution in [2.24, 2.45) is 0 Å². The molecular weight excluding hydrogens is 236 g/mol. The zero-order chi connectivity index (χ0) is 14.7. The first kappa shape index (κ1) is 15.5. The Bertz CT molecular complexity index is 453. The van der Waals surface area contributed by atoms with E-state index in [1.807, 2.05) is 38.1 Å². The molecule has 19 heavy (non-hydrogen) atoms. The summed E-state index contributed by atoms with van der Waals surface area (Å²) in [5.74, 6) is -0.314. The molecule has 1 aromatic carbocycles. The first-order valence-corrected chi connectivity index (χ1v) is 6.69. The van der Waals surface area contributed by atoms with E-state index in [-0.39, 0.29) is 11.4 Å². The highest BCUT2D eigenvalue weighted by Crippen LogP contribution is 2.27. The van der Waals surface area contributed by atoms with Gasteiger partial charge in [-0.2, -0.15) is 0 Å². The van der Waals surface area contributed by atoms with Crippen LogP contribution in [0.4, 0.5) is 0 Å². The molecule has 0 unspecified atom stereocenters. The van der Waals surface area contributed by atoms with Crippen LogP contribution in [0.3, 0.4) is 0 Å². The summed E-state index contributed by atoms with van der Waals surface area (Å²) in [7, 11) is 0. The van der Waals surface area contributed by atoms with Crippen LogP contribution in [0, 0.1) is 0 Å². The lowest BCUT2D eigenvalue weighted by atomic mass is 9.82. The van der Waals surface area contributed by atoms with Crippen LogP contribution >= 0.6 is 0 Å². The summed E-state index contributed by atoms with van der Waals surface area (Å²) < 4.78 is 5.37. The number of hydrogen-bond acceptors (Lipinski definition) is 2. The van der Waals surface area contributed by atoms with Gasteiger partial charge in [-0.3, -0.25) is 0 Å². The van der Waals surface area contributed by atoms with Crippen molar-refractivity contribution in [3.05, 3.63) is 48.0 Å². The van der Waals surface area contributed by atoms with E-state index in [0.717, 1.165) is 6.42 Å². The molecule has 0 atom stereocenters. The topological polar surface area (TPSA) is 26.3 Å². The Labute approximate surface area is 116 Å². The Hall–Kier alpha value is -1.57. The van der Waals surface area contributed by atoms with E-state index in [1.54, 1.807) is 6.08 Å². The largest absolute Gasteiger partial charge is 0.452 e. The number of benzene rings is 1. The van der Waals surface area contributed by atoms with Crippen LogP contribution in [0.15, 0.2) is 36.9 Å². The molecule has 104 valence electrons. The zero-order valence-corrected chi connectivity index (χ0v) is 12.6. The van der Waals surface area contributed by atoms with Gasteiger partial charge in [0.2, 0.25) is 0 Å². The van der Waals surface area contributed by atoms with Crippen molar-refractivity contribution in [2.75, 3.05) is 0 Å². The number of carbonyl (C=O) groups is 1. The summed E-state index contributed by atoms with van der Waals surface area (Å²) in [5, 5.41) is 0. The normalized spacial score (nSPS) is 12.1. The monoisotopic (exact) mass is 260 g/mol. The molecule has 0 radical (unpaired) electrons.